The summed E-state index contributed by atoms with van der Waals surface area (Å²) in [6.45, 7) is 8.81. The summed E-state index contributed by atoms with van der Waals surface area (Å²) in [5.41, 5.74) is 3.42. The molecule has 0 saturated heterocycles. The summed E-state index contributed by atoms with van der Waals surface area (Å²) in [5, 5.41) is 0. The summed E-state index contributed by atoms with van der Waals surface area (Å²) >= 11 is 0. The van der Waals surface area contributed by atoms with Crippen LogP contribution in [0.15, 0.2) is 6.20 Å². The van der Waals surface area contributed by atoms with Crippen LogP contribution < -0.4 is 16.0 Å². The van der Waals surface area contributed by atoms with Gasteiger partial charge in [0, 0.05) is 11.8 Å². The van der Waals surface area contributed by atoms with Gasteiger partial charge in [-0.1, -0.05) is 27.2 Å². The number of hydrazine groups is 1. The van der Waals surface area contributed by atoms with E-state index in [1.54, 1.807) is 6.20 Å². The Kier molecular flexibility index (Phi) is 4.81. The Morgan fingerprint density at radius 3 is 2.80 bits per heavy atom. The highest BCUT2D eigenvalue weighted by Crippen LogP contribution is 2.36. The Morgan fingerprint density at radius 1 is 1.40 bits per heavy atom. The molecule has 0 spiro atoms. The van der Waals surface area contributed by atoms with Crippen LogP contribution >= 0.6 is 0 Å². The van der Waals surface area contributed by atoms with Crippen LogP contribution in [-0.2, 0) is 0 Å². The predicted molar refractivity (Wildman–Crippen MR) is 80.3 cm³/mol. The molecule has 1 aliphatic rings. The Balaban J connectivity index is 2.17. The number of hydrogen-bond acceptors (Lipinski definition) is 5. The Hall–Kier alpha value is -1.36. The van der Waals surface area contributed by atoms with Crippen molar-refractivity contribution in [1.29, 1.82) is 0 Å². The Morgan fingerprint density at radius 2 is 2.15 bits per heavy atom. The minimum atomic E-state index is 0.234. The number of ether oxygens (including phenoxy) is 1. The van der Waals surface area contributed by atoms with Crippen molar-refractivity contribution in [3.05, 3.63) is 11.8 Å². The second kappa shape index (κ2) is 6.39. The number of aromatic nitrogens is 2. The average molecular weight is 278 g/mol. The van der Waals surface area contributed by atoms with Crippen LogP contribution in [0, 0.1) is 24.7 Å². The number of nitrogens with zero attached hydrogens (tertiary/aromatic N) is 2. The fraction of sp³-hybridized carbons (Fsp3) is 0.733. The van der Waals surface area contributed by atoms with Crippen molar-refractivity contribution in [2.75, 3.05) is 5.43 Å². The van der Waals surface area contributed by atoms with E-state index in [-0.39, 0.29) is 6.10 Å². The minimum absolute atomic E-state index is 0.234. The van der Waals surface area contributed by atoms with Crippen molar-refractivity contribution in [2.45, 2.75) is 53.1 Å². The molecular formula is C15H26N4O. The van der Waals surface area contributed by atoms with Crippen LogP contribution in [0.3, 0.4) is 0 Å². The zero-order valence-corrected chi connectivity index (χ0v) is 12.9. The molecule has 5 nitrogen and oxygen atoms in total. The molecule has 0 aliphatic heterocycles. The highest BCUT2D eigenvalue weighted by atomic mass is 16.5. The maximum absolute atomic E-state index is 6.23. The van der Waals surface area contributed by atoms with E-state index in [4.69, 9.17) is 10.6 Å². The molecule has 3 N–H and O–H groups in total. The molecule has 3 atom stereocenters. The normalized spacial score (nSPS) is 26.6. The second-order valence-electron chi connectivity index (χ2n) is 6.31. The number of aryl methyl sites for hydroxylation is 1. The summed E-state index contributed by atoms with van der Waals surface area (Å²) in [4.78, 5) is 8.43. The SMILES string of the molecule is Cc1cnc(NN)nc1OC1CC(C)CCC1C(C)C. The molecule has 3 unspecified atom stereocenters. The average Bonchev–Trinajstić information content (AvgIpc) is 2.41. The van der Waals surface area contributed by atoms with Crippen LogP contribution in [0.25, 0.3) is 0 Å². The number of anilines is 1. The van der Waals surface area contributed by atoms with Crippen LogP contribution in [0.5, 0.6) is 5.88 Å². The van der Waals surface area contributed by atoms with E-state index in [0.29, 0.717) is 29.6 Å². The van der Waals surface area contributed by atoms with Gasteiger partial charge in [-0.05, 0) is 37.5 Å². The molecule has 112 valence electrons. The molecule has 1 heterocycles. The fourth-order valence-electron chi connectivity index (χ4n) is 3.01. The van der Waals surface area contributed by atoms with Gasteiger partial charge < -0.3 is 4.74 Å². The van der Waals surface area contributed by atoms with E-state index in [9.17, 15) is 0 Å². The van der Waals surface area contributed by atoms with E-state index in [1.165, 1.54) is 12.8 Å². The van der Waals surface area contributed by atoms with E-state index in [0.717, 1.165) is 12.0 Å². The van der Waals surface area contributed by atoms with Gasteiger partial charge in [0.1, 0.15) is 6.10 Å². The van der Waals surface area contributed by atoms with Crippen LogP contribution in [-0.4, -0.2) is 16.1 Å². The first-order valence-electron chi connectivity index (χ1n) is 7.48. The molecule has 1 fully saturated rings. The van der Waals surface area contributed by atoms with Gasteiger partial charge in [0.2, 0.25) is 11.8 Å². The van der Waals surface area contributed by atoms with E-state index in [1.807, 2.05) is 6.92 Å². The highest BCUT2D eigenvalue weighted by Gasteiger charge is 2.32. The lowest BCUT2D eigenvalue weighted by Crippen LogP contribution is -2.36. The van der Waals surface area contributed by atoms with Crippen LogP contribution in [0.1, 0.15) is 45.6 Å². The van der Waals surface area contributed by atoms with Crippen molar-refractivity contribution >= 4 is 5.95 Å². The topological polar surface area (TPSA) is 73.1 Å². The van der Waals surface area contributed by atoms with Crippen LogP contribution in [0.4, 0.5) is 5.95 Å². The first-order chi connectivity index (χ1) is 9.51. The number of rotatable bonds is 4. The summed E-state index contributed by atoms with van der Waals surface area (Å²) in [5.74, 6) is 8.35. The maximum atomic E-state index is 6.23. The maximum Gasteiger partial charge on any atom is 0.240 e. The zero-order valence-electron chi connectivity index (χ0n) is 12.9. The molecule has 20 heavy (non-hydrogen) atoms. The minimum Gasteiger partial charge on any atom is -0.474 e. The lowest BCUT2D eigenvalue weighted by atomic mass is 9.75. The van der Waals surface area contributed by atoms with Crippen molar-refractivity contribution in [2.24, 2.45) is 23.6 Å². The molecule has 0 bridgehead atoms. The first-order valence-corrected chi connectivity index (χ1v) is 7.48. The van der Waals surface area contributed by atoms with Crippen molar-refractivity contribution in [1.82, 2.24) is 9.97 Å². The molecule has 1 saturated carbocycles. The van der Waals surface area contributed by atoms with Crippen molar-refractivity contribution < 1.29 is 4.74 Å². The number of hydrogen-bond donors (Lipinski definition) is 2. The van der Waals surface area contributed by atoms with Gasteiger partial charge in [0.05, 0.1) is 0 Å². The summed E-state index contributed by atoms with van der Waals surface area (Å²) in [7, 11) is 0. The largest absolute Gasteiger partial charge is 0.474 e. The molecule has 0 aromatic carbocycles. The van der Waals surface area contributed by atoms with Gasteiger partial charge in [-0.2, -0.15) is 4.98 Å². The standard InChI is InChI=1S/C15H26N4O/c1-9(2)12-6-5-10(3)7-13(12)20-14-11(4)8-17-15(18-14)19-16/h8-10,12-13H,5-7,16H2,1-4H3,(H,17,18,19). The molecule has 5 heteroatoms. The van der Waals surface area contributed by atoms with Crippen LogP contribution in [0.2, 0.25) is 0 Å². The number of nitrogen functional groups attached to an aromatic ring is 1. The monoisotopic (exact) mass is 278 g/mol. The van der Waals surface area contributed by atoms with E-state index < -0.39 is 0 Å². The zero-order chi connectivity index (χ0) is 14.7. The van der Waals surface area contributed by atoms with Gasteiger partial charge in [-0.25, -0.2) is 10.8 Å². The third-order valence-electron chi connectivity index (χ3n) is 4.28. The molecule has 2 rings (SSSR count). The summed E-state index contributed by atoms with van der Waals surface area (Å²) < 4.78 is 6.23. The third-order valence-corrected chi connectivity index (χ3v) is 4.28. The quantitative estimate of drug-likeness (QED) is 0.654. The van der Waals surface area contributed by atoms with Gasteiger partial charge >= 0.3 is 0 Å². The lowest BCUT2D eigenvalue weighted by molar-refractivity contribution is 0.0421. The predicted octanol–water partition coefficient (Wildman–Crippen LogP) is 2.91. The second-order valence-corrected chi connectivity index (χ2v) is 6.31. The lowest BCUT2D eigenvalue weighted by Gasteiger charge is -2.37. The highest BCUT2D eigenvalue weighted by molar-refractivity contribution is 5.31. The van der Waals surface area contributed by atoms with Crippen molar-refractivity contribution in [3.63, 3.8) is 0 Å². The van der Waals surface area contributed by atoms with E-state index in [2.05, 4.69) is 36.2 Å². The fourth-order valence-corrected chi connectivity index (χ4v) is 3.01. The molecule has 0 amide bonds. The third kappa shape index (κ3) is 3.39. The van der Waals surface area contributed by atoms with Gasteiger partial charge in [-0.3, -0.25) is 5.43 Å². The number of nitrogens with two attached hydrogens (primary N) is 1. The van der Waals surface area contributed by atoms with Gasteiger partial charge in [0.25, 0.3) is 0 Å². The summed E-state index contributed by atoms with van der Waals surface area (Å²) in [6, 6.07) is 0. The number of nitrogens with one attached hydrogen (secondary N) is 1. The Bertz CT molecular complexity index is 449. The summed E-state index contributed by atoms with van der Waals surface area (Å²) in [6.07, 6.45) is 5.60. The Labute approximate surface area is 121 Å². The molecule has 1 aromatic rings. The smallest absolute Gasteiger partial charge is 0.240 e. The van der Waals surface area contributed by atoms with Crippen molar-refractivity contribution in [3.8, 4) is 5.88 Å². The molecule has 1 aliphatic carbocycles. The molecular weight excluding hydrogens is 252 g/mol. The van der Waals surface area contributed by atoms with Gasteiger partial charge in [0.15, 0.2) is 0 Å². The molecule has 1 aromatic heterocycles. The van der Waals surface area contributed by atoms with E-state index >= 15 is 0 Å². The van der Waals surface area contributed by atoms with Gasteiger partial charge in [-0.15, -0.1) is 0 Å². The first kappa shape index (κ1) is 15.0. The molecule has 0 radical (unpaired) electrons.